The van der Waals surface area contributed by atoms with E-state index < -0.39 is 0 Å². The van der Waals surface area contributed by atoms with E-state index in [4.69, 9.17) is 27.9 Å². The van der Waals surface area contributed by atoms with Gasteiger partial charge >= 0.3 is 6.03 Å². The minimum absolute atomic E-state index is 0.0153. The predicted octanol–water partition coefficient (Wildman–Crippen LogP) is 6.85. The highest BCUT2D eigenvalue weighted by Gasteiger charge is 2.52. The van der Waals surface area contributed by atoms with E-state index in [9.17, 15) is 4.79 Å². The van der Waals surface area contributed by atoms with Crippen LogP contribution < -0.4 is 5.32 Å². The monoisotopic (exact) mass is 498 g/mol. The number of hydrogen-bond acceptors (Lipinski definition) is 2. The Morgan fingerprint density at radius 3 is 1.88 bits per heavy atom. The molecule has 0 spiro atoms. The molecule has 0 radical (unpaired) electrons. The average Bonchev–Trinajstić information content (AvgIpc) is 3.27. The molecule has 4 bridgehead atoms. The van der Waals surface area contributed by atoms with Crippen molar-refractivity contribution in [1.82, 2.24) is 10.2 Å². The van der Waals surface area contributed by atoms with E-state index in [1.807, 2.05) is 53.4 Å². The van der Waals surface area contributed by atoms with Crippen LogP contribution in [0.4, 0.5) is 4.79 Å². The number of carbonyl (C=O) groups excluding carboxylic acids is 1. The number of hydrogen-bond donors (Lipinski definition) is 1. The Hall–Kier alpha value is -1.75. The molecule has 4 saturated carbocycles. The molecule has 1 saturated heterocycles. The SMILES string of the molecule is O=C(NC12CC3CC(CC(C3)C1)C2)N1CC[C@H](OC(c2ccc(Cl)cc2)c2ccc(Cl)cc2)C1. The van der Waals surface area contributed by atoms with Crippen LogP contribution in [0.1, 0.15) is 62.2 Å². The first-order chi connectivity index (χ1) is 16.4. The molecule has 0 aromatic heterocycles. The molecule has 1 atom stereocenters. The van der Waals surface area contributed by atoms with Crippen molar-refractivity contribution >= 4 is 29.2 Å². The molecule has 2 aromatic carbocycles. The van der Waals surface area contributed by atoms with E-state index in [-0.39, 0.29) is 23.8 Å². The van der Waals surface area contributed by atoms with Gasteiger partial charge < -0.3 is 15.0 Å². The largest absolute Gasteiger partial charge is 0.364 e. The number of benzene rings is 2. The zero-order valence-electron chi connectivity index (χ0n) is 19.4. The summed E-state index contributed by atoms with van der Waals surface area (Å²) in [6.45, 7) is 1.35. The van der Waals surface area contributed by atoms with E-state index >= 15 is 0 Å². The quantitative estimate of drug-likeness (QED) is 0.489. The fourth-order valence-electron chi connectivity index (χ4n) is 7.41. The van der Waals surface area contributed by atoms with E-state index in [0.29, 0.717) is 16.6 Å². The van der Waals surface area contributed by atoms with E-state index in [0.717, 1.165) is 41.8 Å². The van der Waals surface area contributed by atoms with E-state index in [2.05, 4.69) is 5.32 Å². The Balaban J connectivity index is 1.13. The van der Waals surface area contributed by atoms with Gasteiger partial charge in [-0.3, -0.25) is 0 Å². The van der Waals surface area contributed by atoms with Crippen molar-refractivity contribution in [3.8, 4) is 0 Å². The van der Waals surface area contributed by atoms with Crippen molar-refractivity contribution < 1.29 is 9.53 Å². The van der Waals surface area contributed by atoms with Crippen LogP contribution in [0.25, 0.3) is 0 Å². The Morgan fingerprint density at radius 1 is 0.882 bits per heavy atom. The van der Waals surface area contributed by atoms with Crippen molar-refractivity contribution in [2.45, 2.75) is 62.7 Å². The predicted molar refractivity (Wildman–Crippen MR) is 135 cm³/mol. The molecule has 4 nitrogen and oxygen atoms in total. The molecule has 0 unspecified atom stereocenters. The van der Waals surface area contributed by atoms with Gasteiger partial charge in [-0.15, -0.1) is 0 Å². The van der Waals surface area contributed by atoms with Crippen LogP contribution in [-0.2, 0) is 4.74 Å². The molecule has 5 aliphatic rings. The van der Waals surface area contributed by atoms with Gasteiger partial charge in [0.15, 0.2) is 0 Å². The normalized spacial score (nSPS) is 31.9. The van der Waals surface area contributed by atoms with Gasteiger partial charge in [-0.05, 0) is 98.1 Å². The number of urea groups is 1. The van der Waals surface area contributed by atoms with Crippen LogP contribution in [0.2, 0.25) is 10.0 Å². The van der Waals surface area contributed by atoms with E-state index in [1.165, 1.54) is 38.5 Å². The van der Waals surface area contributed by atoms with Gasteiger partial charge in [-0.2, -0.15) is 0 Å². The lowest BCUT2D eigenvalue weighted by molar-refractivity contribution is -0.0162. The molecule has 5 fully saturated rings. The maximum absolute atomic E-state index is 13.3. The number of carbonyl (C=O) groups is 1. The molecule has 2 amide bonds. The molecular formula is C28H32Cl2N2O2. The third kappa shape index (κ3) is 4.57. The van der Waals surface area contributed by atoms with Crippen molar-refractivity contribution in [2.24, 2.45) is 17.8 Å². The standard InChI is InChI=1S/C28H32Cl2N2O2/c29-23-5-1-21(2-6-23)26(22-3-7-24(30)8-4-22)34-25-9-10-32(17-25)27(33)31-28-14-18-11-19(15-28)13-20(12-18)16-28/h1-8,18-20,25-26H,9-17H2,(H,31,33)/t18?,19?,20?,25-,28?/m0/s1. The van der Waals surface area contributed by atoms with Crippen molar-refractivity contribution in [2.75, 3.05) is 13.1 Å². The summed E-state index contributed by atoms with van der Waals surface area (Å²) in [6, 6.07) is 15.7. The first-order valence-corrected chi connectivity index (χ1v) is 13.4. The molecule has 1 N–H and O–H groups in total. The van der Waals surface area contributed by atoms with Crippen LogP contribution in [0.3, 0.4) is 0 Å². The lowest BCUT2D eigenvalue weighted by Gasteiger charge is -2.57. The van der Waals surface area contributed by atoms with E-state index in [1.54, 1.807) is 0 Å². The second-order valence-electron chi connectivity index (χ2n) is 11.1. The minimum atomic E-state index is -0.231. The zero-order chi connectivity index (χ0) is 23.3. The summed E-state index contributed by atoms with van der Waals surface area (Å²) in [5.41, 5.74) is 2.13. The first-order valence-electron chi connectivity index (χ1n) is 12.7. The number of halogens is 2. The topological polar surface area (TPSA) is 41.6 Å². The van der Waals surface area contributed by atoms with Gasteiger partial charge in [0.05, 0.1) is 6.10 Å². The fourth-order valence-corrected chi connectivity index (χ4v) is 7.66. The van der Waals surface area contributed by atoms with Crippen LogP contribution >= 0.6 is 23.2 Å². The molecular weight excluding hydrogens is 467 g/mol. The van der Waals surface area contributed by atoms with Gasteiger partial charge in [0, 0.05) is 28.7 Å². The summed E-state index contributed by atoms with van der Waals surface area (Å²) in [5, 5.41) is 4.92. The molecule has 180 valence electrons. The molecule has 7 rings (SSSR count). The molecule has 4 aliphatic carbocycles. The van der Waals surface area contributed by atoms with Crippen LogP contribution in [0.15, 0.2) is 48.5 Å². The Kier molecular flexibility index (Phi) is 6.03. The molecule has 1 heterocycles. The van der Waals surface area contributed by atoms with Crippen molar-refractivity contribution in [3.63, 3.8) is 0 Å². The summed E-state index contributed by atoms with van der Waals surface area (Å²) in [6.07, 6.45) is 8.26. The average molecular weight is 499 g/mol. The third-order valence-corrected chi connectivity index (χ3v) is 9.02. The lowest BCUT2D eigenvalue weighted by atomic mass is 9.53. The number of amides is 2. The molecule has 34 heavy (non-hydrogen) atoms. The van der Waals surface area contributed by atoms with Gasteiger partial charge in [0.25, 0.3) is 0 Å². The van der Waals surface area contributed by atoms with Crippen molar-refractivity contribution in [1.29, 1.82) is 0 Å². The highest BCUT2D eigenvalue weighted by molar-refractivity contribution is 6.30. The van der Waals surface area contributed by atoms with Gasteiger partial charge in [0.2, 0.25) is 0 Å². The number of rotatable bonds is 5. The van der Waals surface area contributed by atoms with Crippen molar-refractivity contribution in [3.05, 3.63) is 69.7 Å². The summed E-state index contributed by atoms with van der Waals surface area (Å²) >= 11 is 12.3. The Morgan fingerprint density at radius 2 is 1.38 bits per heavy atom. The minimum Gasteiger partial charge on any atom is -0.364 e. The smallest absolute Gasteiger partial charge is 0.317 e. The number of ether oxygens (including phenoxy) is 1. The van der Waals surface area contributed by atoms with Gasteiger partial charge in [0.1, 0.15) is 6.10 Å². The highest BCUT2D eigenvalue weighted by Crippen LogP contribution is 2.55. The summed E-state index contributed by atoms with van der Waals surface area (Å²) in [4.78, 5) is 15.3. The first kappa shape index (κ1) is 22.7. The number of nitrogens with one attached hydrogen (secondary N) is 1. The zero-order valence-corrected chi connectivity index (χ0v) is 20.9. The Bertz CT molecular complexity index is 959. The second-order valence-corrected chi connectivity index (χ2v) is 12.0. The summed E-state index contributed by atoms with van der Waals surface area (Å²) < 4.78 is 6.63. The molecule has 6 heteroatoms. The van der Waals surface area contributed by atoms with Crippen LogP contribution in [0.5, 0.6) is 0 Å². The maximum atomic E-state index is 13.3. The highest BCUT2D eigenvalue weighted by atomic mass is 35.5. The fraction of sp³-hybridized carbons (Fsp3) is 0.536. The second kappa shape index (κ2) is 9.04. The van der Waals surface area contributed by atoms with Crippen LogP contribution in [0, 0.1) is 17.8 Å². The van der Waals surface area contributed by atoms with Crippen LogP contribution in [-0.4, -0.2) is 35.7 Å². The lowest BCUT2D eigenvalue weighted by Crippen LogP contribution is -2.61. The number of likely N-dealkylation sites (tertiary alicyclic amines) is 1. The summed E-state index contributed by atoms with van der Waals surface area (Å²) in [5.74, 6) is 2.46. The summed E-state index contributed by atoms with van der Waals surface area (Å²) in [7, 11) is 0. The Labute approximate surface area is 211 Å². The third-order valence-electron chi connectivity index (χ3n) is 8.52. The van der Waals surface area contributed by atoms with Gasteiger partial charge in [-0.1, -0.05) is 47.5 Å². The molecule has 1 aliphatic heterocycles. The van der Waals surface area contributed by atoms with Gasteiger partial charge in [-0.25, -0.2) is 4.79 Å². The number of nitrogens with zero attached hydrogens (tertiary/aromatic N) is 1. The maximum Gasteiger partial charge on any atom is 0.317 e. The molecule has 2 aromatic rings.